The van der Waals surface area contributed by atoms with Gasteiger partial charge in [-0.3, -0.25) is 0 Å². The minimum absolute atomic E-state index is 0.167. The molecule has 2 aromatic rings. The largest absolute Gasteiger partial charge is 0.392 e. The summed E-state index contributed by atoms with van der Waals surface area (Å²) in [6, 6.07) is 17.9. The van der Waals surface area contributed by atoms with Crippen molar-refractivity contribution < 1.29 is 5.11 Å². The Morgan fingerprint density at radius 2 is 1.79 bits per heavy atom. The highest BCUT2D eigenvalue weighted by atomic mass is 35.5. The fraction of sp³-hybridized carbons (Fsp3) is 0.294. The predicted molar refractivity (Wildman–Crippen MR) is 80.6 cm³/mol. The third-order valence-corrected chi connectivity index (χ3v) is 3.70. The Morgan fingerprint density at radius 1 is 1.05 bits per heavy atom. The molecule has 2 heteroatoms. The van der Waals surface area contributed by atoms with Crippen LogP contribution in [-0.4, -0.2) is 11.2 Å². The highest BCUT2D eigenvalue weighted by molar-refractivity contribution is 6.30. The molecule has 0 aliphatic heterocycles. The van der Waals surface area contributed by atoms with Crippen molar-refractivity contribution in [3.63, 3.8) is 0 Å². The first-order chi connectivity index (χ1) is 9.20. The molecule has 0 bridgehead atoms. The molecule has 100 valence electrons. The first-order valence-electron chi connectivity index (χ1n) is 6.68. The first-order valence-corrected chi connectivity index (χ1v) is 7.06. The van der Waals surface area contributed by atoms with Gasteiger partial charge in [-0.2, -0.15) is 0 Å². The molecule has 1 N–H and O–H groups in total. The van der Waals surface area contributed by atoms with Crippen molar-refractivity contribution in [3.05, 3.63) is 70.7 Å². The third kappa shape index (κ3) is 3.82. The van der Waals surface area contributed by atoms with Crippen molar-refractivity contribution in [1.82, 2.24) is 0 Å². The second-order valence-electron chi connectivity index (χ2n) is 4.83. The van der Waals surface area contributed by atoms with Crippen LogP contribution in [0.2, 0.25) is 5.02 Å². The molecule has 0 spiro atoms. The van der Waals surface area contributed by atoms with E-state index in [1.165, 1.54) is 5.56 Å². The van der Waals surface area contributed by atoms with Gasteiger partial charge in [0.15, 0.2) is 0 Å². The number of aliphatic hydroxyl groups excluding tert-OH is 1. The molecule has 0 aliphatic rings. The van der Waals surface area contributed by atoms with Gasteiger partial charge in [0.25, 0.3) is 0 Å². The zero-order chi connectivity index (χ0) is 13.7. The lowest BCUT2D eigenvalue weighted by molar-refractivity contribution is 0.141. The summed E-state index contributed by atoms with van der Waals surface area (Å²) in [6.07, 6.45) is 1.17. The molecule has 0 heterocycles. The number of hydrogen-bond donors (Lipinski definition) is 1. The van der Waals surface area contributed by atoms with E-state index in [2.05, 4.69) is 19.1 Å². The van der Waals surface area contributed by atoms with Gasteiger partial charge in [0, 0.05) is 10.9 Å². The molecule has 0 saturated heterocycles. The van der Waals surface area contributed by atoms with Crippen LogP contribution in [0.5, 0.6) is 0 Å². The summed E-state index contributed by atoms with van der Waals surface area (Å²) in [5.74, 6) is 0.167. The molecule has 19 heavy (non-hydrogen) atoms. The SMILES string of the molecule is CCC(c1ccccc1)C(O)Cc1cccc(Cl)c1. The van der Waals surface area contributed by atoms with E-state index in [1.807, 2.05) is 42.5 Å². The van der Waals surface area contributed by atoms with E-state index >= 15 is 0 Å². The monoisotopic (exact) mass is 274 g/mol. The second kappa shape index (κ2) is 6.74. The molecule has 0 fully saturated rings. The van der Waals surface area contributed by atoms with Gasteiger partial charge in [-0.15, -0.1) is 0 Å². The summed E-state index contributed by atoms with van der Waals surface area (Å²) in [4.78, 5) is 0. The van der Waals surface area contributed by atoms with Gasteiger partial charge in [0.2, 0.25) is 0 Å². The molecular formula is C17H19ClO. The second-order valence-corrected chi connectivity index (χ2v) is 5.26. The quantitative estimate of drug-likeness (QED) is 0.855. The van der Waals surface area contributed by atoms with E-state index in [0.29, 0.717) is 6.42 Å². The van der Waals surface area contributed by atoms with Crippen molar-refractivity contribution in [2.45, 2.75) is 31.8 Å². The summed E-state index contributed by atoms with van der Waals surface area (Å²) in [5.41, 5.74) is 2.27. The Balaban J connectivity index is 2.11. The highest BCUT2D eigenvalue weighted by Crippen LogP contribution is 2.26. The van der Waals surface area contributed by atoms with Crippen LogP contribution < -0.4 is 0 Å². The summed E-state index contributed by atoms with van der Waals surface area (Å²) in [7, 11) is 0. The van der Waals surface area contributed by atoms with Gasteiger partial charge in [-0.25, -0.2) is 0 Å². The maximum absolute atomic E-state index is 10.5. The van der Waals surface area contributed by atoms with E-state index < -0.39 is 0 Å². The van der Waals surface area contributed by atoms with Gasteiger partial charge in [-0.1, -0.05) is 61.0 Å². The van der Waals surface area contributed by atoms with Crippen LogP contribution in [0.3, 0.4) is 0 Å². The lowest BCUT2D eigenvalue weighted by Crippen LogP contribution is -2.20. The zero-order valence-corrected chi connectivity index (χ0v) is 11.8. The normalized spacial score (nSPS) is 14.1. The first kappa shape index (κ1) is 14.1. The van der Waals surface area contributed by atoms with E-state index in [9.17, 15) is 5.11 Å². The average molecular weight is 275 g/mol. The average Bonchev–Trinajstić information content (AvgIpc) is 2.41. The fourth-order valence-corrected chi connectivity index (χ4v) is 2.69. The maximum Gasteiger partial charge on any atom is 0.0648 e. The zero-order valence-electron chi connectivity index (χ0n) is 11.1. The molecule has 2 aromatic carbocycles. The van der Waals surface area contributed by atoms with Gasteiger partial charge in [0.1, 0.15) is 0 Å². The van der Waals surface area contributed by atoms with E-state index in [0.717, 1.165) is 17.0 Å². The Labute approximate surface area is 119 Å². The topological polar surface area (TPSA) is 20.2 Å². The van der Waals surface area contributed by atoms with Gasteiger partial charge < -0.3 is 5.11 Å². The predicted octanol–water partition coefficient (Wildman–Crippen LogP) is 4.44. The van der Waals surface area contributed by atoms with Crippen LogP contribution in [0.15, 0.2) is 54.6 Å². The van der Waals surface area contributed by atoms with Gasteiger partial charge in [-0.05, 0) is 36.1 Å². The molecule has 2 rings (SSSR count). The van der Waals surface area contributed by atoms with Crippen LogP contribution in [0, 0.1) is 0 Å². The number of benzene rings is 2. The molecule has 2 unspecified atom stereocenters. The molecule has 0 radical (unpaired) electrons. The minimum Gasteiger partial charge on any atom is -0.392 e. The van der Waals surface area contributed by atoms with Crippen molar-refractivity contribution in [1.29, 1.82) is 0 Å². The van der Waals surface area contributed by atoms with E-state index in [1.54, 1.807) is 0 Å². The summed E-state index contributed by atoms with van der Waals surface area (Å²) in [5, 5.41) is 11.2. The molecule has 1 nitrogen and oxygen atoms in total. The Bertz CT molecular complexity index is 510. The van der Waals surface area contributed by atoms with Crippen LogP contribution in [0.1, 0.15) is 30.4 Å². The number of rotatable bonds is 5. The van der Waals surface area contributed by atoms with Crippen LogP contribution in [0.4, 0.5) is 0 Å². The molecule has 0 aliphatic carbocycles. The summed E-state index contributed by atoms with van der Waals surface area (Å²) >= 11 is 5.98. The number of halogens is 1. The fourth-order valence-electron chi connectivity index (χ4n) is 2.48. The molecule has 0 amide bonds. The standard InChI is InChI=1S/C17H19ClO/c1-2-16(14-8-4-3-5-9-14)17(19)12-13-7-6-10-15(18)11-13/h3-11,16-17,19H,2,12H2,1H3. The molecule has 0 saturated carbocycles. The van der Waals surface area contributed by atoms with Crippen molar-refractivity contribution in [2.75, 3.05) is 0 Å². The molecule has 0 aromatic heterocycles. The highest BCUT2D eigenvalue weighted by Gasteiger charge is 2.19. The van der Waals surface area contributed by atoms with Gasteiger partial charge in [0.05, 0.1) is 6.10 Å². The smallest absolute Gasteiger partial charge is 0.0648 e. The third-order valence-electron chi connectivity index (χ3n) is 3.47. The lowest BCUT2D eigenvalue weighted by atomic mass is 9.88. The van der Waals surface area contributed by atoms with Crippen molar-refractivity contribution >= 4 is 11.6 Å². The van der Waals surface area contributed by atoms with E-state index in [4.69, 9.17) is 11.6 Å². The Kier molecular flexibility index (Phi) is 5.00. The Morgan fingerprint density at radius 3 is 2.42 bits per heavy atom. The summed E-state index contributed by atoms with van der Waals surface area (Å²) < 4.78 is 0. The maximum atomic E-state index is 10.5. The summed E-state index contributed by atoms with van der Waals surface area (Å²) in [6.45, 7) is 2.11. The number of hydrogen-bond acceptors (Lipinski definition) is 1. The van der Waals surface area contributed by atoms with Crippen LogP contribution >= 0.6 is 11.6 Å². The Hall–Kier alpha value is -1.31. The van der Waals surface area contributed by atoms with Crippen LogP contribution in [-0.2, 0) is 6.42 Å². The minimum atomic E-state index is -0.383. The molecular weight excluding hydrogens is 256 g/mol. The lowest BCUT2D eigenvalue weighted by Gasteiger charge is -2.22. The van der Waals surface area contributed by atoms with E-state index in [-0.39, 0.29) is 12.0 Å². The van der Waals surface area contributed by atoms with Crippen LogP contribution in [0.25, 0.3) is 0 Å². The van der Waals surface area contributed by atoms with Crippen molar-refractivity contribution in [3.8, 4) is 0 Å². The molecule has 2 atom stereocenters. The number of aliphatic hydroxyl groups is 1. The van der Waals surface area contributed by atoms with Crippen molar-refractivity contribution in [2.24, 2.45) is 0 Å². The van der Waals surface area contributed by atoms with Gasteiger partial charge >= 0.3 is 0 Å².